The lowest BCUT2D eigenvalue weighted by atomic mass is 9.88. The third-order valence-corrected chi connectivity index (χ3v) is 5.92. The van der Waals surface area contributed by atoms with Gasteiger partial charge in [-0.2, -0.15) is 0 Å². The molecule has 0 radical (unpaired) electrons. The van der Waals surface area contributed by atoms with Gasteiger partial charge in [-0.3, -0.25) is 9.59 Å². The summed E-state index contributed by atoms with van der Waals surface area (Å²) in [6, 6.07) is 10.3. The number of rotatable bonds is 1. The molecular weight excluding hydrogens is 322 g/mol. The molecule has 0 aromatic heterocycles. The van der Waals surface area contributed by atoms with Gasteiger partial charge < -0.3 is 4.90 Å². The van der Waals surface area contributed by atoms with E-state index < -0.39 is 5.41 Å². The molecule has 0 saturated heterocycles. The first kappa shape index (κ1) is 17.0. The molecule has 0 fully saturated rings. The summed E-state index contributed by atoms with van der Waals surface area (Å²) in [6.07, 6.45) is 1.54. The van der Waals surface area contributed by atoms with Crippen molar-refractivity contribution >= 4 is 11.7 Å². The molecule has 2 aromatic rings. The SMILES string of the molecule is Cc1cc(C)c2c(c1C(=O)N1CCc3ccccc3C1)CC(C)(C)C2=O. The summed E-state index contributed by atoms with van der Waals surface area (Å²) in [6.45, 7) is 9.32. The summed E-state index contributed by atoms with van der Waals surface area (Å²) in [4.78, 5) is 28.2. The Labute approximate surface area is 155 Å². The van der Waals surface area contributed by atoms with E-state index >= 15 is 0 Å². The Morgan fingerprint density at radius 2 is 1.77 bits per heavy atom. The highest BCUT2D eigenvalue weighted by Crippen LogP contribution is 2.41. The van der Waals surface area contributed by atoms with E-state index in [0.29, 0.717) is 13.0 Å². The highest BCUT2D eigenvalue weighted by atomic mass is 16.2. The quantitative estimate of drug-likeness (QED) is 0.773. The van der Waals surface area contributed by atoms with Crippen molar-refractivity contribution in [3.05, 3.63) is 69.3 Å². The first-order valence-corrected chi connectivity index (χ1v) is 9.33. The fourth-order valence-electron chi connectivity index (χ4n) is 4.55. The second-order valence-corrected chi connectivity index (χ2v) is 8.37. The van der Waals surface area contributed by atoms with Crippen LogP contribution in [0.1, 0.15) is 62.4 Å². The van der Waals surface area contributed by atoms with Gasteiger partial charge in [0.1, 0.15) is 0 Å². The van der Waals surface area contributed by atoms with Crippen LogP contribution in [-0.4, -0.2) is 23.1 Å². The Morgan fingerprint density at radius 1 is 1.08 bits per heavy atom. The summed E-state index contributed by atoms with van der Waals surface area (Å²) in [5, 5.41) is 0. The molecule has 1 aliphatic carbocycles. The van der Waals surface area contributed by atoms with E-state index in [1.807, 2.05) is 44.7 Å². The molecule has 0 N–H and O–H groups in total. The number of ketones is 1. The molecule has 0 atom stereocenters. The summed E-state index contributed by atoms with van der Waals surface area (Å²) in [7, 11) is 0. The van der Waals surface area contributed by atoms with Gasteiger partial charge >= 0.3 is 0 Å². The van der Waals surface area contributed by atoms with Crippen LogP contribution in [0.4, 0.5) is 0 Å². The average Bonchev–Trinajstić information content (AvgIpc) is 2.84. The predicted octanol–water partition coefficient (Wildman–Crippen LogP) is 4.27. The summed E-state index contributed by atoms with van der Waals surface area (Å²) in [5.41, 5.74) is 6.60. The lowest BCUT2D eigenvalue weighted by Crippen LogP contribution is -2.37. The number of benzene rings is 2. The predicted molar refractivity (Wildman–Crippen MR) is 103 cm³/mol. The largest absolute Gasteiger partial charge is 0.334 e. The highest BCUT2D eigenvalue weighted by molar-refractivity contribution is 6.10. The number of aryl methyl sites for hydroxylation is 2. The van der Waals surface area contributed by atoms with E-state index in [1.165, 1.54) is 11.1 Å². The molecule has 3 heteroatoms. The fourth-order valence-corrected chi connectivity index (χ4v) is 4.55. The lowest BCUT2D eigenvalue weighted by molar-refractivity contribution is 0.0732. The number of amides is 1. The van der Waals surface area contributed by atoms with Crippen LogP contribution in [-0.2, 0) is 19.4 Å². The number of carbonyl (C=O) groups excluding carboxylic acids is 2. The third-order valence-electron chi connectivity index (χ3n) is 5.92. The zero-order valence-corrected chi connectivity index (χ0v) is 16.0. The van der Waals surface area contributed by atoms with Crippen molar-refractivity contribution in [1.29, 1.82) is 0 Å². The third kappa shape index (κ3) is 2.49. The monoisotopic (exact) mass is 347 g/mol. The van der Waals surface area contributed by atoms with Gasteiger partial charge in [0.25, 0.3) is 5.91 Å². The molecule has 134 valence electrons. The molecule has 3 nitrogen and oxygen atoms in total. The number of hydrogen-bond donors (Lipinski definition) is 0. The highest BCUT2D eigenvalue weighted by Gasteiger charge is 2.41. The molecule has 4 rings (SSSR count). The normalized spacial score (nSPS) is 17.8. The molecular formula is C23H25NO2. The number of carbonyl (C=O) groups is 2. The van der Waals surface area contributed by atoms with Crippen LogP contribution in [0.3, 0.4) is 0 Å². The molecule has 0 saturated carbocycles. The van der Waals surface area contributed by atoms with Crippen LogP contribution in [0.5, 0.6) is 0 Å². The van der Waals surface area contributed by atoms with Crippen LogP contribution >= 0.6 is 0 Å². The zero-order valence-electron chi connectivity index (χ0n) is 16.0. The topological polar surface area (TPSA) is 37.4 Å². The molecule has 0 bridgehead atoms. The van der Waals surface area contributed by atoms with E-state index in [4.69, 9.17) is 0 Å². The Kier molecular flexibility index (Phi) is 3.80. The average molecular weight is 347 g/mol. The first-order chi connectivity index (χ1) is 12.3. The Hall–Kier alpha value is -2.42. The van der Waals surface area contributed by atoms with Gasteiger partial charge in [0.2, 0.25) is 0 Å². The second-order valence-electron chi connectivity index (χ2n) is 8.37. The molecule has 0 unspecified atom stereocenters. The van der Waals surface area contributed by atoms with Gasteiger partial charge in [-0.15, -0.1) is 0 Å². The Morgan fingerprint density at radius 3 is 2.50 bits per heavy atom. The number of hydrogen-bond acceptors (Lipinski definition) is 2. The van der Waals surface area contributed by atoms with Crippen LogP contribution < -0.4 is 0 Å². The van der Waals surface area contributed by atoms with Crippen LogP contribution in [0, 0.1) is 19.3 Å². The van der Waals surface area contributed by atoms with Crippen molar-refractivity contribution in [1.82, 2.24) is 4.90 Å². The maximum absolute atomic E-state index is 13.4. The maximum Gasteiger partial charge on any atom is 0.254 e. The molecule has 1 aliphatic heterocycles. The van der Waals surface area contributed by atoms with E-state index in [1.54, 1.807) is 0 Å². The van der Waals surface area contributed by atoms with Crippen LogP contribution in [0.15, 0.2) is 30.3 Å². The van der Waals surface area contributed by atoms with Crippen molar-refractivity contribution in [2.45, 2.75) is 47.1 Å². The molecule has 0 spiro atoms. The fraction of sp³-hybridized carbons (Fsp3) is 0.391. The summed E-state index contributed by atoms with van der Waals surface area (Å²) < 4.78 is 0. The molecule has 26 heavy (non-hydrogen) atoms. The number of fused-ring (bicyclic) bond motifs is 2. The van der Waals surface area contributed by atoms with E-state index in [-0.39, 0.29) is 11.7 Å². The van der Waals surface area contributed by atoms with Crippen molar-refractivity contribution in [2.75, 3.05) is 6.54 Å². The van der Waals surface area contributed by atoms with Crippen LogP contribution in [0.2, 0.25) is 0 Å². The van der Waals surface area contributed by atoms with E-state index in [0.717, 1.165) is 40.8 Å². The molecule has 1 heterocycles. The van der Waals surface area contributed by atoms with Gasteiger partial charge in [0.05, 0.1) is 0 Å². The number of nitrogens with zero attached hydrogens (tertiary/aromatic N) is 1. The van der Waals surface area contributed by atoms with Crippen molar-refractivity contribution in [3.63, 3.8) is 0 Å². The van der Waals surface area contributed by atoms with Crippen molar-refractivity contribution in [2.24, 2.45) is 5.41 Å². The minimum Gasteiger partial charge on any atom is -0.334 e. The second kappa shape index (κ2) is 5.80. The Balaban J connectivity index is 1.76. The lowest BCUT2D eigenvalue weighted by Gasteiger charge is -2.30. The van der Waals surface area contributed by atoms with E-state index in [2.05, 4.69) is 18.2 Å². The van der Waals surface area contributed by atoms with Crippen molar-refractivity contribution < 1.29 is 9.59 Å². The van der Waals surface area contributed by atoms with Crippen LogP contribution in [0.25, 0.3) is 0 Å². The molecule has 2 aliphatic rings. The molecule has 1 amide bonds. The summed E-state index contributed by atoms with van der Waals surface area (Å²) >= 11 is 0. The van der Waals surface area contributed by atoms with Gasteiger partial charge in [-0.1, -0.05) is 44.2 Å². The standard InChI is InChI=1S/C23H25NO2/c1-14-11-15(2)20(18-12-23(3,4)21(25)19(14)18)22(26)24-10-9-16-7-5-6-8-17(16)13-24/h5-8,11H,9-10,12-13H2,1-4H3. The van der Waals surface area contributed by atoms with Gasteiger partial charge in [-0.25, -0.2) is 0 Å². The zero-order chi connectivity index (χ0) is 18.6. The minimum absolute atomic E-state index is 0.0683. The van der Waals surface area contributed by atoms with E-state index in [9.17, 15) is 9.59 Å². The van der Waals surface area contributed by atoms with Gasteiger partial charge in [0.15, 0.2) is 5.78 Å². The summed E-state index contributed by atoms with van der Waals surface area (Å²) in [5.74, 6) is 0.238. The van der Waals surface area contributed by atoms with Gasteiger partial charge in [-0.05, 0) is 54.5 Å². The van der Waals surface area contributed by atoms with Gasteiger partial charge in [0, 0.05) is 29.6 Å². The molecule has 2 aromatic carbocycles. The minimum atomic E-state index is -0.426. The maximum atomic E-state index is 13.4. The smallest absolute Gasteiger partial charge is 0.254 e. The van der Waals surface area contributed by atoms with Crippen molar-refractivity contribution in [3.8, 4) is 0 Å². The Bertz CT molecular complexity index is 939. The number of Topliss-reactive ketones (excluding diaryl/α,β-unsaturated/α-hetero) is 1. The first-order valence-electron chi connectivity index (χ1n) is 9.33.